The van der Waals surface area contributed by atoms with E-state index in [-0.39, 0.29) is 36.1 Å². The fourth-order valence-corrected chi connectivity index (χ4v) is 5.61. The molecular formula is C27H28ClF3N2O4. The van der Waals surface area contributed by atoms with Gasteiger partial charge in [0.2, 0.25) is 5.91 Å². The molecule has 1 aliphatic carbocycles. The van der Waals surface area contributed by atoms with Crippen LogP contribution in [0, 0.1) is 5.92 Å². The van der Waals surface area contributed by atoms with Gasteiger partial charge in [-0.3, -0.25) is 9.59 Å². The monoisotopic (exact) mass is 536 g/mol. The van der Waals surface area contributed by atoms with Crippen LogP contribution in [0.5, 0.6) is 5.75 Å². The molecule has 0 bridgehead atoms. The molecule has 6 nitrogen and oxygen atoms in total. The van der Waals surface area contributed by atoms with E-state index in [0.29, 0.717) is 55.1 Å². The normalized spacial score (nSPS) is 26.0. The van der Waals surface area contributed by atoms with E-state index in [2.05, 4.69) is 5.32 Å². The number of nitrogens with one attached hydrogen (secondary N) is 1. The lowest BCUT2D eigenvalue weighted by Gasteiger charge is -2.42. The number of benzene rings is 2. The van der Waals surface area contributed by atoms with E-state index in [1.165, 1.54) is 12.1 Å². The number of carbonyl (C=O) groups is 2. The molecule has 0 radical (unpaired) electrons. The SMILES string of the molecule is O=C(NC1CCC(C(=O)N2CC(c3ccc(C(F)(F)F)cc3)C2)CC1)[C@H]1C[C@@H](O)c2cc(Cl)ccc2O1. The summed E-state index contributed by atoms with van der Waals surface area (Å²) in [6.07, 6.45) is -3.22. The number of halogens is 4. The molecule has 2 heterocycles. The van der Waals surface area contributed by atoms with Crippen molar-refractivity contribution in [2.45, 2.75) is 62.4 Å². The number of hydrogen-bond acceptors (Lipinski definition) is 4. The Morgan fingerprint density at radius 3 is 2.35 bits per heavy atom. The van der Waals surface area contributed by atoms with Crippen LogP contribution in [-0.4, -0.2) is 47.1 Å². The minimum atomic E-state index is -4.36. The van der Waals surface area contributed by atoms with E-state index < -0.39 is 23.9 Å². The standard InChI is InChI=1S/C27H28ClF3N2O4/c28-19-7-10-23-21(11-19)22(34)12-24(37-23)25(35)32-20-8-3-16(4-9-20)26(36)33-13-17(14-33)15-1-5-18(6-2-15)27(29,30)31/h1-2,5-7,10-11,16-17,20,22,24,34H,3-4,8-9,12-14H2,(H,32,35)/t16?,20?,22-,24-/m1/s1. The number of fused-ring (bicyclic) bond motifs is 1. The van der Waals surface area contributed by atoms with Crippen LogP contribution >= 0.6 is 11.6 Å². The van der Waals surface area contributed by atoms with Gasteiger partial charge < -0.3 is 20.1 Å². The molecule has 2 aromatic rings. The second-order valence-corrected chi connectivity index (χ2v) is 10.6. The molecule has 2 atom stereocenters. The maximum Gasteiger partial charge on any atom is 0.416 e. The molecule has 0 spiro atoms. The molecule has 0 unspecified atom stereocenters. The number of aliphatic hydroxyl groups is 1. The number of carbonyl (C=O) groups excluding carboxylic acids is 2. The molecule has 1 saturated carbocycles. The number of aliphatic hydroxyl groups excluding tert-OH is 1. The summed E-state index contributed by atoms with van der Waals surface area (Å²) in [5.41, 5.74) is 0.708. The van der Waals surface area contributed by atoms with Gasteiger partial charge >= 0.3 is 6.18 Å². The first-order valence-electron chi connectivity index (χ1n) is 12.5. The van der Waals surface area contributed by atoms with E-state index in [1.807, 2.05) is 0 Å². The minimum absolute atomic E-state index is 0.0499. The first kappa shape index (κ1) is 25.9. The lowest BCUT2D eigenvalue weighted by atomic mass is 9.83. The summed E-state index contributed by atoms with van der Waals surface area (Å²) in [6.45, 7) is 1.02. The minimum Gasteiger partial charge on any atom is -0.480 e. The van der Waals surface area contributed by atoms with Crippen molar-refractivity contribution in [2.24, 2.45) is 5.92 Å². The zero-order valence-electron chi connectivity index (χ0n) is 20.0. The zero-order valence-corrected chi connectivity index (χ0v) is 20.8. The van der Waals surface area contributed by atoms with E-state index in [1.54, 1.807) is 23.1 Å². The zero-order chi connectivity index (χ0) is 26.3. The summed E-state index contributed by atoms with van der Waals surface area (Å²) in [5, 5.41) is 13.9. The molecule has 0 aromatic heterocycles. The lowest BCUT2D eigenvalue weighted by Crippen LogP contribution is -2.52. The quantitative estimate of drug-likeness (QED) is 0.586. The van der Waals surface area contributed by atoms with Gasteiger partial charge in [-0.25, -0.2) is 0 Å². The molecule has 5 rings (SSSR count). The highest BCUT2D eigenvalue weighted by molar-refractivity contribution is 6.30. The Labute approximate surface area is 217 Å². The Hall–Kier alpha value is -2.78. The topological polar surface area (TPSA) is 78.9 Å². The maximum absolute atomic E-state index is 12.9. The van der Waals surface area contributed by atoms with Crippen molar-refractivity contribution >= 4 is 23.4 Å². The number of amides is 2. The fraction of sp³-hybridized carbons (Fsp3) is 0.481. The Kier molecular flexibility index (Phi) is 7.11. The average Bonchev–Trinajstić information content (AvgIpc) is 2.83. The first-order valence-corrected chi connectivity index (χ1v) is 12.9. The van der Waals surface area contributed by atoms with Crippen molar-refractivity contribution in [3.63, 3.8) is 0 Å². The molecule has 1 saturated heterocycles. The Bertz CT molecular complexity index is 1160. The Balaban J connectivity index is 1.07. The summed E-state index contributed by atoms with van der Waals surface area (Å²) >= 11 is 5.98. The number of rotatable bonds is 4. The van der Waals surface area contributed by atoms with Gasteiger partial charge in [0.1, 0.15) is 5.75 Å². The lowest BCUT2D eigenvalue weighted by molar-refractivity contribution is -0.141. The Morgan fingerprint density at radius 2 is 1.70 bits per heavy atom. The van der Waals surface area contributed by atoms with Crippen LogP contribution in [0.4, 0.5) is 13.2 Å². The predicted octanol–water partition coefficient (Wildman–Crippen LogP) is 4.84. The molecule has 37 heavy (non-hydrogen) atoms. The van der Waals surface area contributed by atoms with Gasteiger partial charge in [-0.15, -0.1) is 0 Å². The van der Waals surface area contributed by atoms with Crippen molar-refractivity contribution in [3.05, 3.63) is 64.2 Å². The van der Waals surface area contributed by atoms with Crippen LogP contribution in [0.25, 0.3) is 0 Å². The second kappa shape index (κ2) is 10.2. The summed E-state index contributed by atoms with van der Waals surface area (Å²) < 4.78 is 44.1. The first-order chi connectivity index (χ1) is 17.6. The van der Waals surface area contributed by atoms with E-state index in [0.717, 1.165) is 17.7 Å². The number of nitrogens with zero attached hydrogens (tertiary/aromatic N) is 1. The summed E-state index contributed by atoms with van der Waals surface area (Å²) in [4.78, 5) is 27.5. The highest BCUT2D eigenvalue weighted by Crippen LogP contribution is 2.37. The summed E-state index contributed by atoms with van der Waals surface area (Å²) in [6, 6.07) is 10.0. The van der Waals surface area contributed by atoms with E-state index in [4.69, 9.17) is 16.3 Å². The van der Waals surface area contributed by atoms with Crippen LogP contribution in [0.1, 0.15) is 60.8 Å². The number of likely N-dealkylation sites (tertiary alicyclic amines) is 1. The second-order valence-electron chi connectivity index (χ2n) is 10.2. The predicted molar refractivity (Wildman–Crippen MR) is 130 cm³/mol. The highest BCUT2D eigenvalue weighted by atomic mass is 35.5. The number of alkyl halides is 3. The van der Waals surface area contributed by atoms with E-state index in [9.17, 15) is 27.9 Å². The molecule has 2 aliphatic heterocycles. The third-order valence-electron chi connectivity index (χ3n) is 7.66. The van der Waals surface area contributed by atoms with Crippen LogP contribution in [0.3, 0.4) is 0 Å². The van der Waals surface area contributed by atoms with Crippen molar-refractivity contribution in [1.82, 2.24) is 10.2 Å². The smallest absolute Gasteiger partial charge is 0.416 e. The summed E-state index contributed by atoms with van der Waals surface area (Å²) in [5.74, 6) is 0.167. The fourth-order valence-electron chi connectivity index (χ4n) is 5.43. The van der Waals surface area contributed by atoms with Crippen molar-refractivity contribution < 1.29 is 32.6 Å². The molecular weight excluding hydrogens is 509 g/mol. The largest absolute Gasteiger partial charge is 0.480 e. The molecule has 10 heteroatoms. The third-order valence-corrected chi connectivity index (χ3v) is 7.89. The van der Waals surface area contributed by atoms with Crippen molar-refractivity contribution in [2.75, 3.05) is 13.1 Å². The van der Waals surface area contributed by atoms with E-state index >= 15 is 0 Å². The van der Waals surface area contributed by atoms with Crippen LogP contribution in [0.2, 0.25) is 5.02 Å². The molecule has 2 N–H and O–H groups in total. The van der Waals surface area contributed by atoms with Gasteiger partial charge in [-0.1, -0.05) is 23.7 Å². The summed E-state index contributed by atoms with van der Waals surface area (Å²) in [7, 11) is 0. The van der Waals surface area contributed by atoms with Gasteiger partial charge in [-0.2, -0.15) is 13.2 Å². The maximum atomic E-state index is 12.9. The van der Waals surface area contributed by atoms with Crippen LogP contribution < -0.4 is 10.1 Å². The van der Waals surface area contributed by atoms with Crippen LogP contribution in [0.15, 0.2) is 42.5 Å². The van der Waals surface area contributed by atoms with Gasteiger partial charge in [0.25, 0.3) is 5.91 Å². The highest BCUT2D eigenvalue weighted by Gasteiger charge is 2.38. The molecule has 2 amide bonds. The molecule has 3 aliphatic rings. The van der Waals surface area contributed by atoms with Gasteiger partial charge in [0, 0.05) is 48.0 Å². The van der Waals surface area contributed by atoms with Gasteiger partial charge in [0.15, 0.2) is 6.10 Å². The Morgan fingerprint density at radius 1 is 1.03 bits per heavy atom. The average molecular weight is 537 g/mol. The number of hydrogen-bond donors (Lipinski definition) is 2. The molecule has 2 fully saturated rings. The van der Waals surface area contributed by atoms with Crippen molar-refractivity contribution in [1.29, 1.82) is 0 Å². The van der Waals surface area contributed by atoms with Crippen molar-refractivity contribution in [3.8, 4) is 5.75 Å². The molecule has 198 valence electrons. The third kappa shape index (κ3) is 5.57. The molecule has 2 aromatic carbocycles. The van der Waals surface area contributed by atoms with Gasteiger partial charge in [-0.05, 0) is 61.6 Å². The van der Waals surface area contributed by atoms with Crippen LogP contribution in [-0.2, 0) is 15.8 Å². The number of ether oxygens (including phenoxy) is 1. The van der Waals surface area contributed by atoms with Gasteiger partial charge in [0.05, 0.1) is 11.7 Å².